The van der Waals surface area contributed by atoms with Gasteiger partial charge in [-0.3, -0.25) is 4.79 Å². The van der Waals surface area contributed by atoms with E-state index in [1.165, 1.54) is 0 Å². The first-order chi connectivity index (χ1) is 7.32. The van der Waals surface area contributed by atoms with Crippen LogP contribution >= 0.6 is 0 Å². The zero-order valence-corrected chi connectivity index (χ0v) is 10.2. The lowest BCUT2D eigenvalue weighted by molar-refractivity contribution is -0.221. The van der Waals surface area contributed by atoms with Crippen LogP contribution in [0.3, 0.4) is 0 Å². The number of carbonyl (C=O) groups is 1. The summed E-state index contributed by atoms with van der Waals surface area (Å²) in [6.45, 7) is 6.00. The number of hydrogen-bond donors (Lipinski definition) is 1. The van der Waals surface area contributed by atoms with Crippen molar-refractivity contribution in [2.75, 3.05) is 0 Å². The second-order valence-corrected chi connectivity index (χ2v) is 5.71. The Kier molecular flexibility index (Phi) is 2.75. The van der Waals surface area contributed by atoms with E-state index in [2.05, 4.69) is 0 Å². The lowest BCUT2D eigenvalue weighted by atomic mass is 9.83. The number of carbonyl (C=O) groups excluding carboxylic acids is 1. The van der Waals surface area contributed by atoms with Crippen molar-refractivity contribution < 1.29 is 19.4 Å². The molecule has 16 heavy (non-hydrogen) atoms. The van der Waals surface area contributed by atoms with Crippen LogP contribution in [0.25, 0.3) is 0 Å². The highest BCUT2D eigenvalue weighted by atomic mass is 16.6. The van der Waals surface area contributed by atoms with Gasteiger partial charge in [0.25, 0.3) is 0 Å². The van der Waals surface area contributed by atoms with Gasteiger partial charge in [0.05, 0.1) is 12.0 Å². The van der Waals surface area contributed by atoms with Crippen molar-refractivity contribution in [3.05, 3.63) is 0 Å². The quantitative estimate of drug-likeness (QED) is 0.689. The van der Waals surface area contributed by atoms with Gasteiger partial charge in [-0.15, -0.1) is 0 Å². The molecule has 0 aromatic heterocycles. The zero-order valence-electron chi connectivity index (χ0n) is 10.2. The molecular weight excluding hydrogens is 208 g/mol. The fourth-order valence-corrected chi connectivity index (χ4v) is 2.88. The van der Waals surface area contributed by atoms with Crippen LogP contribution in [0, 0.1) is 0 Å². The van der Waals surface area contributed by atoms with Crippen LogP contribution in [-0.4, -0.2) is 34.5 Å². The lowest BCUT2D eigenvalue weighted by Gasteiger charge is -2.46. The number of esters is 1. The molecular formula is C12H20O4. The Morgan fingerprint density at radius 1 is 1.31 bits per heavy atom. The van der Waals surface area contributed by atoms with Gasteiger partial charge in [-0.05, 0) is 40.0 Å². The van der Waals surface area contributed by atoms with Crippen molar-refractivity contribution in [2.45, 2.75) is 69.9 Å². The van der Waals surface area contributed by atoms with E-state index >= 15 is 0 Å². The third kappa shape index (κ3) is 2.09. The van der Waals surface area contributed by atoms with Crippen molar-refractivity contribution in [1.82, 2.24) is 0 Å². The van der Waals surface area contributed by atoms with Crippen LogP contribution < -0.4 is 0 Å². The lowest BCUT2D eigenvalue weighted by Crippen LogP contribution is -2.54. The van der Waals surface area contributed by atoms with Crippen LogP contribution in [0.4, 0.5) is 0 Å². The van der Waals surface area contributed by atoms with E-state index in [-0.39, 0.29) is 18.0 Å². The van der Waals surface area contributed by atoms with Gasteiger partial charge < -0.3 is 14.6 Å². The molecule has 4 nitrogen and oxygen atoms in total. The highest BCUT2D eigenvalue weighted by Crippen LogP contribution is 2.41. The Morgan fingerprint density at radius 2 is 2.00 bits per heavy atom. The number of hydrogen-bond acceptors (Lipinski definition) is 4. The fourth-order valence-electron chi connectivity index (χ4n) is 2.88. The molecule has 0 amide bonds. The molecule has 0 aromatic carbocycles. The minimum absolute atomic E-state index is 0.0873. The standard InChI is InChI=1S/C12H20O4/c1-11(2)5-4-6-12(3,16-11)10-8(13)7-9(14)15-10/h8,10,13H,4-7H2,1-3H3/t8-,10-,12+/m0/s1. The minimum atomic E-state index is -0.730. The third-order valence-electron chi connectivity index (χ3n) is 3.55. The molecule has 0 radical (unpaired) electrons. The van der Waals surface area contributed by atoms with Gasteiger partial charge >= 0.3 is 5.97 Å². The van der Waals surface area contributed by atoms with Crippen LogP contribution in [0.2, 0.25) is 0 Å². The maximum atomic E-state index is 11.2. The summed E-state index contributed by atoms with van der Waals surface area (Å²) in [5.41, 5.74) is -0.755. The van der Waals surface area contributed by atoms with E-state index < -0.39 is 17.8 Å². The molecule has 1 N–H and O–H groups in total. The average molecular weight is 228 g/mol. The summed E-state index contributed by atoms with van der Waals surface area (Å²) in [6.07, 6.45) is 1.70. The van der Waals surface area contributed by atoms with Gasteiger partial charge in [-0.2, -0.15) is 0 Å². The Hall–Kier alpha value is -0.610. The van der Waals surface area contributed by atoms with E-state index in [1.54, 1.807) is 0 Å². The predicted octanol–water partition coefficient (Wildman–Crippen LogP) is 1.40. The molecule has 2 aliphatic heterocycles. The van der Waals surface area contributed by atoms with Gasteiger partial charge in [0, 0.05) is 0 Å². The molecule has 2 rings (SSSR count). The van der Waals surface area contributed by atoms with E-state index in [4.69, 9.17) is 9.47 Å². The van der Waals surface area contributed by atoms with Gasteiger partial charge in [0.15, 0.2) is 6.10 Å². The highest BCUT2D eigenvalue weighted by Gasteiger charge is 2.51. The molecule has 0 unspecified atom stereocenters. The second kappa shape index (κ2) is 3.70. The molecule has 0 spiro atoms. The maximum absolute atomic E-state index is 11.2. The summed E-state index contributed by atoms with van der Waals surface area (Å²) in [4.78, 5) is 11.2. The molecule has 2 fully saturated rings. The second-order valence-electron chi connectivity index (χ2n) is 5.71. The van der Waals surface area contributed by atoms with Crippen molar-refractivity contribution >= 4 is 5.97 Å². The van der Waals surface area contributed by atoms with Crippen molar-refractivity contribution in [2.24, 2.45) is 0 Å². The van der Waals surface area contributed by atoms with Gasteiger partial charge in [0.1, 0.15) is 11.7 Å². The number of aliphatic hydroxyl groups is 1. The normalized spacial score (nSPS) is 43.1. The largest absolute Gasteiger partial charge is 0.456 e. The Labute approximate surface area is 95.9 Å². The number of cyclic esters (lactones) is 1. The van der Waals surface area contributed by atoms with Gasteiger partial charge in [-0.1, -0.05) is 0 Å². The summed E-state index contributed by atoms with van der Waals surface area (Å²) >= 11 is 0. The highest BCUT2D eigenvalue weighted by molar-refractivity contribution is 5.72. The van der Waals surface area contributed by atoms with Crippen molar-refractivity contribution in [3.63, 3.8) is 0 Å². The molecule has 0 aliphatic carbocycles. The maximum Gasteiger partial charge on any atom is 0.309 e. The monoisotopic (exact) mass is 228 g/mol. The molecule has 3 atom stereocenters. The number of ether oxygens (including phenoxy) is 2. The van der Waals surface area contributed by atoms with E-state index in [0.29, 0.717) is 0 Å². The van der Waals surface area contributed by atoms with E-state index in [1.807, 2.05) is 20.8 Å². The van der Waals surface area contributed by atoms with E-state index in [9.17, 15) is 9.90 Å². The zero-order chi connectivity index (χ0) is 12.0. The Morgan fingerprint density at radius 3 is 2.50 bits per heavy atom. The third-order valence-corrected chi connectivity index (χ3v) is 3.55. The first-order valence-corrected chi connectivity index (χ1v) is 5.90. The molecule has 2 aliphatic rings. The molecule has 0 saturated carbocycles. The summed E-state index contributed by atoms with van der Waals surface area (Å²) in [5, 5.41) is 9.82. The van der Waals surface area contributed by atoms with Crippen LogP contribution in [-0.2, 0) is 14.3 Å². The minimum Gasteiger partial charge on any atom is -0.456 e. The smallest absolute Gasteiger partial charge is 0.309 e. The number of rotatable bonds is 1. The predicted molar refractivity (Wildman–Crippen MR) is 57.9 cm³/mol. The van der Waals surface area contributed by atoms with Crippen molar-refractivity contribution in [1.29, 1.82) is 0 Å². The Bertz CT molecular complexity index is 299. The topological polar surface area (TPSA) is 55.8 Å². The molecule has 0 aromatic rings. The van der Waals surface area contributed by atoms with E-state index in [0.717, 1.165) is 19.3 Å². The average Bonchev–Trinajstić information content (AvgIpc) is 2.43. The summed E-state index contributed by atoms with van der Waals surface area (Å²) in [5.74, 6) is -0.328. The molecule has 4 heteroatoms. The molecule has 2 heterocycles. The first kappa shape index (κ1) is 11.9. The molecule has 92 valence electrons. The van der Waals surface area contributed by atoms with Gasteiger partial charge in [0.2, 0.25) is 0 Å². The van der Waals surface area contributed by atoms with Crippen molar-refractivity contribution in [3.8, 4) is 0 Å². The van der Waals surface area contributed by atoms with Crippen LogP contribution in [0.1, 0.15) is 46.5 Å². The SMILES string of the molecule is CC1(C)CCC[C@](C)([C@H]2OC(=O)C[C@@H]2O)O1. The number of aliphatic hydroxyl groups excluding tert-OH is 1. The summed E-state index contributed by atoms with van der Waals surface area (Å²) in [6, 6.07) is 0. The molecule has 0 bridgehead atoms. The van der Waals surface area contributed by atoms with Crippen LogP contribution in [0.15, 0.2) is 0 Å². The van der Waals surface area contributed by atoms with Gasteiger partial charge in [-0.25, -0.2) is 0 Å². The summed E-state index contributed by atoms with van der Waals surface area (Å²) < 4.78 is 11.2. The first-order valence-electron chi connectivity index (χ1n) is 5.90. The van der Waals surface area contributed by atoms with Crippen LogP contribution in [0.5, 0.6) is 0 Å². The summed E-state index contributed by atoms with van der Waals surface area (Å²) in [7, 11) is 0. The fraction of sp³-hybridized carbons (Fsp3) is 0.917. The molecule has 2 saturated heterocycles. The Balaban J connectivity index is 2.15.